The van der Waals surface area contributed by atoms with Crippen molar-refractivity contribution in [2.45, 2.75) is 19.6 Å². The number of fused-ring (bicyclic) bond motifs is 1. The summed E-state index contributed by atoms with van der Waals surface area (Å²) in [6.45, 7) is 2.25. The highest BCUT2D eigenvalue weighted by Crippen LogP contribution is 2.35. The molecule has 0 radical (unpaired) electrons. The summed E-state index contributed by atoms with van der Waals surface area (Å²) in [7, 11) is 0. The molecule has 5 aromatic rings. The summed E-state index contributed by atoms with van der Waals surface area (Å²) >= 11 is 11.1. The normalized spacial score (nSPS) is 14.3. The Morgan fingerprint density at radius 3 is 2.48 bits per heavy atom. The molecule has 1 aliphatic heterocycles. The third kappa shape index (κ3) is 6.46. The lowest BCUT2D eigenvalue weighted by atomic mass is 9.93. The lowest BCUT2D eigenvalue weighted by Gasteiger charge is -2.25. The quantitative estimate of drug-likeness (QED) is 0.165. The van der Waals surface area contributed by atoms with Crippen LogP contribution < -0.4 is 19.6 Å². The van der Waals surface area contributed by atoms with Gasteiger partial charge in [-0.1, -0.05) is 83.6 Å². The Balaban J connectivity index is 1.43. The number of hydrogen-bond donors (Lipinski definition) is 0. The number of benzene rings is 4. The van der Waals surface area contributed by atoms with Crippen LogP contribution >= 0.6 is 38.9 Å². The van der Waals surface area contributed by atoms with Crippen molar-refractivity contribution in [1.29, 1.82) is 5.26 Å². The Morgan fingerprint density at radius 2 is 1.80 bits per heavy atom. The first-order valence-corrected chi connectivity index (χ1v) is 16.3. The van der Waals surface area contributed by atoms with Crippen molar-refractivity contribution < 1.29 is 14.3 Å². The Hall–Kier alpha value is -4.75. The zero-order valence-electron chi connectivity index (χ0n) is 24.4. The van der Waals surface area contributed by atoms with Crippen molar-refractivity contribution in [3.63, 3.8) is 0 Å². The summed E-state index contributed by atoms with van der Waals surface area (Å²) in [6, 6.07) is 30.6. The van der Waals surface area contributed by atoms with Crippen LogP contribution in [0.1, 0.15) is 40.8 Å². The summed E-state index contributed by atoms with van der Waals surface area (Å²) < 4.78 is 14.2. The number of ether oxygens (including phenoxy) is 2. The van der Waals surface area contributed by atoms with E-state index in [0.29, 0.717) is 43.5 Å². The van der Waals surface area contributed by atoms with E-state index in [1.54, 1.807) is 41.8 Å². The minimum Gasteiger partial charge on any atom is -0.488 e. The number of rotatable bonds is 8. The number of nitrogens with zero attached hydrogens (tertiary/aromatic N) is 3. The van der Waals surface area contributed by atoms with E-state index in [9.17, 15) is 9.59 Å². The lowest BCUT2D eigenvalue weighted by Crippen LogP contribution is -2.40. The first kappa shape index (κ1) is 31.2. The number of halogens is 2. The van der Waals surface area contributed by atoms with E-state index < -0.39 is 12.0 Å². The fourth-order valence-electron chi connectivity index (χ4n) is 5.11. The first-order chi connectivity index (χ1) is 22.4. The van der Waals surface area contributed by atoms with Crippen molar-refractivity contribution in [2.75, 3.05) is 6.61 Å². The largest absolute Gasteiger partial charge is 0.488 e. The van der Waals surface area contributed by atoms with Crippen molar-refractivity contribution in [3.8, 4) is 11.8 Å². The summed E-state index contributed by atoms with van der Waals surface area (Å²) in [5, 5.41) is 9.55. The van der Waals surface area contributed by atoms with Gasteiger partial charge in [0.1, 0.15) is 12.4 Å². The standard InChI is InChI=1S/C36H25BrClN3O4S/c1-2-44-35(43)31-32(25-6-4-3-5-7-25)40-36-41(33(31)26-13-15-27(38)16-14-26)34(42)30(46-36)19-24-12-17-29(28(37)18-24)45-21-23-10-8-22(20-39)9-11-23/h3-19,33H,2,21H2,1H3/b30-19-/t33-/m0/s1. The molecule has 46 heavy (non-hydrogen) atoms. The van der Waals surface area contributed by atoms with E-state index >= 15 is 0 Å². The van der Waals surface area contributed by atoms with Gasteiger partial charge in [-0.05, 0) is 82.0 Å². The summed E-state index contributed by atoms with van der Waals surface area (Å²) in [5.41, 5.74) is 4.20. The van der Waals surface area contributed by atoms with Gasteiger partial charge in [0, 0.05) is 10.6 Å². The monoisotopic (exact) mass is 709 g/mol. The maximum atomic E-state index is 14.1. The number of esters is 1. The van der Waals surface area contributed by atoms with Crippen LogP contribution in [-0.2, 0) is 16.1 Å². The van der Waals surface area contributed by atoms with Crippen molar-refractivity contribution >= 4 is 56.6 Å². The molecule has 0 fully saturated rings. The van der Waals surface area contributed by atoms with Gasteiger partial charge in [-0.25, -0.2) is 9.79 Å². The molecule has 6 rings (SSSR count). The molecule has 0 spiro atoms. The highest BCUT2D eigenvalue weighted by atomic mass is 79.9. The summed E-state index contributed by atoms with van der Waals surface area (Å²) in [4.78, 5) is 33.0. The van der Waals surface area contributed by atoms with Gasteiger partial charge in [-0.15, -0.1) is 0 Å². The van der Waals surface area contributed by atoms with E-state index in [-0.39, 0.29) is 17.7 Å². The van der Waals surface area contributed by atoms with Crippen LogP contribution in [0.2, 0.25) is 5.02 Å². The molecule has 4 aromatic carbocycles. The Bertz CT molecular complexity index is 2190. The minimum atomic E-state index is -0.783. The zero-order chi connectivity index (χ0) is 32.2. The van der Waals surface area contributed by atoms with Gasteiger partial charge < -0.3 is 9.47 Å². The smallest absolute Gasteiger partial charge is 0.338 e. The molecule has 1 aliphatic rings. The molecule has 1 atom stereocenters. The fraction of sp³-hybridized carbons (Fsp3) is 0.111. The second kappa shape index (κ2) is 13.7. The molecule has 0 bridgehead atoms. The average Bonchev–Trinajstić information content (AvgIpc) is 3.38. The van der Waals surface area contributed by atoms with Gasteiger partial charge >= 0.3 is 5.97 Å². The average molecular weight is 711 g/mol. The van der Waals surface area contributed by atoms with Gasteiger partial charge in [0.05, 0.1) is 44.6 Å². The summed E-state index contributed by atoms with van der Waals surface area (Å²) in [5.74, 6) is 0.0946. The van der Waals surface area contributed by atoms with Gasteiger partial charge in [-0.3, -0.25) is 9.36 Å². The lowest BCUT2D eigenvalue weighted by molar-refractivity contribution is -0.138. The number of thiazole rings is 1. The van der Waals surface area contributed by atoms with E-state index in [1.807, 2.05) is 72.8 Å². The molecule has 7 nitrogen and oxygen atoms in total. The van der Waals surface area contributed by atoms with Crippen LogP contribution in [0, 0.1) is 11.3 Å². The van der Waals surface area contributed by atoms with Crippen molar-refractivity contribution in [2.24, 2.45) is 4.99 Å². The maximum absolute atomic E-state index is 14.1. The SMILES string of the molecule is CCOC(=O)C1=C(c2ccccc2)N=c2s/c(=C\c3ccc(OCc4ccc(C#N)cc4)c(Br)c3)c(=O)n2[C@H]1c1ccc(Cl)cc1. The molecule has 0 saturated heterocycles. The van der Waals surface area contributed by atoms with Gasteiger partial charge in [0.2, 0.25) is 0 Å². The zero-order valence-corrected chi connectivity index (χ0v) is 27.6. The molecule has 1 aromatic heterocycles. The van der Waals surface area contributed by atoms with Gasteiger partial charge in [-0.2, -0.15) is 5.26 Å². The topological polar surface area (TPSA) is 93.7 Å². The molecule has 0 saturated carbocycles. The molecule has 0 N–H and O–H groups in total. The molecule has 0 aliphatic carbocycles. The van der Waals surface area contributed by atoms with Crippen LogP contribution in [0.3, 0.4) is 0 Å². The number of aromatic nitrogens is 1. The number of hydrogen-bond acceptors (Lipinski definition) is 7. The van der Waals surface area contributed by atoms with Crippen LogP contribution in [-0.4, -0.2) is 17.1 Å². The molecule has 0 unspecified atom stereocenters. The Labute approximate surface area is 282 Å². The van der Waals surface area contributed by atoms with Crippen molar-refractivity contribution in [3.05, 3.63) is 160 Å². The molecule has 228 valence electrons. The molecular weight excluding hydrogens is 686 g/mol. The minimum absolute atomic E-state index is 0.171. The van der Waals surface area contributed by atoms with E-state index in [2.05, 4.69) is 22.0 Å². The van der Waals surface area contributed by atoms with E-state index in [4.69, 9.17) is 31.3 Å². The van der Waals surface area contributed by atoms with E-state index in [0.717, 1.165) is 21.2 Å². The fourth-order valence-corrected chi connectivity index (χ4v) is 6.75. The molecule has 2 heterocycles. The third-order valence-electron chi connectivity index (χ3n) is 7.29. The van der Waals surface area contributed by atoms with Crippen LogP contribution in [0.15, 0.2) is 117 Å². The van der Waals surface area contributed by atoms with Crippen molar-refractivity contribution in [1.82, 2.24) is 4.57 Å². The second-order valence-electron chi connectivity index (χ2n) is 10.3. The van der Waals surface area contributed by atoms with Crippen LogP contribution in [0.25, 0.3) is 11.8 Å². The highest BCUT2D eigenvalue weighted by molar-refractivity contribution is 9.10. The molecular formula is C36H25BrClN3O4S. The number of nitriles is 1. The number of carbonyl (C=O) groups is 1. The first-order valence-electron chi connectivity index (χ1n) is 14.3. The van der Waals surface area contributed by atoms with E-state index in [1.165, 1.54) is 11.3 Å². The maximum Gasteiger partial charge on any atom is 0.338 e. The third-order valence-corrected chi connectivity index (χ3v) is 9.15. The Kier molecular flexibility index (Phi) is 9.31. The molecule has 10 heteroatoms. The summed E-state index contributed by atoms with van der Waals surface area (Å²) in [6.07, 6.45) is 1.80. The van der Waals surface area contributed by atoms with Gasteiger partial charge in [0.25, 0.3) is 5.56 Å². The predicted octanol–water partition coefficient (Wildman–Crippen LogP) is 6.80. The van der Waals surface area contributed by atoms with Crippen LogP contribution in [0.5, 0.6) is 5.75 Å². The van der Waals surface area contributed by atoms with Crippen LogP contribution in [0.4, 0.5) is 0 Å². The Morgan fingerprint density at radius 1 is 1.07 bits per heavy atom. The molecule has 0 amide bonds. The number of carbonyl (C=O) groups excluding carboxylic acids is 1. The highest BCUT2D eigenvalue weighted by Gasteiger charge is 2.35. The predicted molar refractivity (Wildman–Crippen MR) is 182 cm³/mol. The van der Waals surface area contributed by atoms with Gasteiger partial charge in [0.15, 0.2) is 4.80 Å². The second-order valence-corrected chi connectivity index (χ2v) is 12.6.